The van der Waals surface area contributed by atoms with Gasteiger partial charge >= 0.3 is 0 Å². The number of para-hydroxylation sites is 3. The molecule has 3 aromatic rings. The predicted octanol–water partition coefficient (Wildman–Crippen LogP) is 5.79. The number of nitrogens with zero attached hydrogens (tertiary/aromatic N) is 1. The summed E-state index contributed by atoms with van der Waals surface area (Å²) in [5.74, 6) is 0.0978. The van der Waals surface area contributed by atoms with Gasteiger partial charge in [-0.2, -0.15) is 0 Å². The zero-order valence-corrected chi connectivity index (χ0v) is 17.9. The van der Waals surface area contributed by atoms with Crippen molar-refractivity contribution < 1.29 is 14.3 Å². The van der Waals surface area contributed by atoms with Crippen molar-refractivity contribution in [3.8, 4) is 11.5 Å². The molecule has 4 rings (SSSR count). The Hall–Kier alpha value is -2.67. The SMILES string of the molecule is Nc1ccccc1S[C@H]1CC(=O)N(c2ccccc2Oc2ccc(Cl)cc2Cl)C1=O. The van der Waals surface area contributed by atoms with E-state index in [4.69, 9.17) is 33.7 Å². The molecule has 30 heavy (non-hydrogen) atoms. The molecule has 152 valence electrons. The van der Waals surface area contributed by atoms with Gasteiger partial charge in [0, 0.05) is 22.0 Å². The van der Waals surface area contributed by atoms with Crippen molar-refractivity contribution >= 4 is 58.2 Å². The van der Waals surface area contributed by atoms with Crippen molar-refractivity contribution in [1.82, 2.24) is 0 Å². The number of thioether (sulfide) groups is 1. The van der Waals surface area contributed by atoms with E-state index >= 15 is 0 Å². The molecule has 1 fully saturated rings. The summed E-state index contributed by atoms with van der Waals surface area (Å²) < 4.78 is 5.91. The molecule has 0 bridgehead atoms. The minimum atomic E-state index is -0.561. The molecule has 0 radical (unpaired) electrons. The molecule has 3 aromatic carbocycles. The second kappa shape index (κ2) is 8.60. The minimum absolute atomic E-state index is 0.0773. The molecule has 8 heteroatoms. The highest BCUT2D eigenvalue weighted by atomic mass is 35.5. The van der Waals surface area contributed by atoms with Crippen LogP contribution in [-0.4, -0.2) is 17.1 Å². The largest absolute Gasteiger partial charge is 0.454 e. The second-order valence-electron chi connectivity index (χ2n) is 6.56. The van der Waals surface area contributed by atoms with Gasteiger partial charge in [-0.1, -0.05) is 47.5 Å². The highest BCUT2D eigenvalue weighted by Gasteiger charge is 2.41. The van der Waals surface area contributed by atoms with E-state index in [9.17, 15) is 9.59 Å². The first-order valence-corrected chi connectivity index (χ1v) is 10.7. The van der Waals surface area contributed by atoms with Gasteiger partial charge in [-0.25, -0.2) is 4.90 Å². The van der Waals surface area contributed by atoms with E-state index in [0.29, 0.717) is 32.9 Å². The van der Waals surface area contributed by atoms with E-state index in [-0.39, 0.29) is 18.2 Å². The number of nitrogen functional groups attached to an aromatic ring is 1. The van der Waals surface area contributed by atoms with Crippen LogP contribution in [0.4, 0.5) is 11.4 Å². The maximum Gasteiger partial charge on any atom is 0.247 e. The maximum atomic E-state index is 13.1. The van der Waals surface area contributed by atoms with E-state index in [1.54, 1.807) is 48.5 Å². The van der Waals surface area contributed by atoms with Gasteiger partial charge < -0.3 is 10.5 Å². The number of hydrogen-bond acceptors (Lipinski definition) is 5. The van der Waals surface area contributed by atoms with E-state index in [1.807, 2.05) is 18.2 Å². The van der Waals surface area contributed by atoms with Crippen LogP contribution in [0.1, 0.15) is 6.42 Å². The number of ether oxygens (including phenoxy) is 1. The van der Waals surface area contributed by atoms with Gasteiger partial charge in [0.25, 0.3) is 0 Å². The number of nitrogens with two attached hydrogens (primary N) is 1. The Morgan fingerprint density at radius 1 is 0.967 bits per heavy atom. The van der Waals surface area contributed by atoms with Crippen LogP contribution in [0.15, 0.2) is 71.6 Å². The fourth-order valence-electron chi connectivity index (χ4n) is 3.09. The first-order valence-electron chi connectivity index (χ1n) is 9.04. The van der Waals surface area contributed by atoms with Gasteiger partial charge in [-0.3, -0.25) is 9.59 Å². The summed E-state index contributed by atoms with van der Waals surface area (Å²) in [5, 5.41) is 0.240. The lowest BCUT2D eigenvalue weighted by Crippen LogP contribution is -2.31. The Balaban J connectivity index is 1.62. The van der Waals surface area contributed by atoms with Gasteiger partial charge in [0.2, 0.25) is 11.8 Å². The van der Waals surface area contributed by atoms with E-state index < -0.39 is 5.25 Å². The Morgan fingerprint density at radius 2 is 1.70 bits per heavy atom. The van der Waals surface area contributed by atoms with Crippen LogP contribution >= 0.6 is 35.0 Å². The van der Waals surface area contributed by atoms with Crippen LogP contribution in [0.2, 0.25) is 10.0 Å². The zero-order valence-electron chi connectivity index (χ0n) is 15.5. The minimum Gasteiger partial charge on any atom is -0.454 e. The Bertz CT molecular complexity index is 1140. The molecule has 1 aliphatic heterocycles. The summed E-state index contributed by atoms with van der Waals surface area (Å²) in [7, 11) is 0. The second-order valence-corrected chi connectivity index (χ2v) is 8.65. The topological polar surface area (TPSA) is 72.6 Å². The highest BCUT2D eigenvalue weighted by Crippen LogP contribution is 2.41. The standard InChI is InChI=1S/C22H16Cl2N2O3S/c23-13-9-10-17(14(24)11-13)29-18-7-3-2-6-16(18)26-21(27)12-20(22(26)28)30-19-8-4-1-5-15(19)25/h1-11,20H,12,25H2/t20-/m0/s1. The number of halogens is 2. The number of amides is 2. The van der Waals surface area contributed by atoms with Gasteiger partial charge in [0.1, 0.15) is 5.75 Å². The van der Waals surface area contributed by atoms with Crippen molar-refractivity contribution in [2.45, 2.75) is 16.6 Å². The van der Waals surface area contributed by atoms with Crippen LogP contribution in [0.3, 0.4) is 0 Å². The molecular weight excluding hydrogens is 443 g/mol. The molecule has 2 amide bonds. The third-order valence-corrected chi connectivity index (χ3v) is 6.32. The fourth-order valence-corrected chi connectivity index (χ4v) is 4.64. The average Bonchev–Trinajstić information content (AvgIpc) is 2.99. The smallest absolute Gasteiger partial charge is 0.247 e. The van der Waals surface area contributed by atoms with Crippen molar-refractivity contribution in [3.63, 3.8) is 0 Å². The molecule has 2 N–H and O–H groups in total. The molecule has 5 nitrogen and oxygen atoms in total. The first kappa shape index (κ1) is 20.6. The Morgan fingerprint density at radius 3 is 2.47 bits per heavy atom. The van der Waals surface area contributed by atoms with Crippen molar-refractivity contribution in [2.24, 2.45) is 0 Å². The van der Waals surface area contributed by atoms with E-state index in [1.165, 1.54) is 11.8 Å². The molecule has 0 aromatic heterocycles. The summed E-state index contributed by atoms with van der Waals surface area (Å²) in [6.45, 7) is 0. The third kappa shape index (κ3) is 4.12. The molecule has 0 saturated carbocycles. The molecule has 0 unspecified atom stereocenters. The first-order chi connectivity index (χ1) is 14.4. The Kier molecular flexibility index (Phi) is 5.90. The molecule has 0 aliphatic carbocycles. The van der Waals surface area contributed by atoms with Crippen molar-refractivity contribution in [3.05, 3.63) is 76.8 Å². The summed E-state index contributed by atoms with van der Waals surface area (Å²) in [4.78, 5) is 27.8. The van der Waals surface area contributed by atoms with E-state index in [2.05, 4.69) is 0 Å². The summed E-state index contributed by atoms with van der Waals surface area (Å²) in [5.41, 5.74) is 6.92. The quantitative estimate of drug-likeness (QED) is 0.386. The third-order valence-electron chi connectivity index (χ3n) is 4.51. The number of rotatable bonds is 5. The van der Waals surface area contributed by atoms with Gasteiger partial charge in [0.05, 0.1) is 16.0 Å². The lowest BCUT2D eigenvalue weighted by Gasteiger charge is -2.19. The van der Waals surface area contributed by atoms with Gasteiger partial charge in [-0.15, -0.1) is 11.8 Å². The number of carbonyl (C=O) groups is 2. The number of benzene rings is 3. The van der Waals surface area contributed by atoms with Crippen LogP contribution in [0, 0.1) is 0 Å². The zero-order chi connectivity index (χ0) is 21.3. The lowest BCUT2D eigenvalue weighted by atomic mass is 10.2. The maximum absolute atomic E-state index is 13.1. The average molecular weight is 459 g/mol. The number of anilines is 2. The molecule has 1 atom stereocenters. The van der Waals surface area contributed by atoms with Crippen LogP contribution in [0.25, 0.3) is 0 Å². The molecule has 1 saturated heterocycles. The fraction of sp³-hybridized carbons (Fsp3) is 0.0909. The van der Waals surface area contributed by atoms with Crippen LogP contribution in [-0.2, 0) is 9.59 Å². The number of hydrogen-bond donors (Lipinski definition) is 1. The van der Waals surface area contributed by atoms with E-state index in [0.717, 1.165) is 9.80 Å². The molecular formula is C22H16Cl2N2O3S. The monoisotopic (exact) mass is 458 g/mol. The van der Waals surface area contributed by atoms with Gasteiger partial charge in [-0.05, 0) is 42.5 Å². The number of carbonyl (C=O) groups excluding carboxylic acids is 2. The molecule has 0 spiro atoms. The van der Waals surface area contributed by atoms with Crippen molar-refractivity contribution in [2.75, 3.05) is 10.6 Å². The van der Waals surface area contributed by atoms with Crippen molar-refractivity contribution in [1.29, 1.82) is 0 Å². The predicted molar refractivity (Wildman–Crippen MR) is 121 cm³/mol. The number of imide groups is 1. The Labute approximate surface area is 187 Å². The van der Waals surface area contributed by atoms with Crippen LogP contribution in [0.5, 0.6) is 11.5 Å². The lowest BCUT2D eigenvalue weighted by molar-refractivity contribution is -0.121. The van der Waals surface area contributed by atoms with Crippen LogP contribution < -0.4 is 15.4 Å². The summed E-state index contributed by atoms with van der Waals surface area (Å²) >= 11 is 13.4. The normalized spacial score (nSPS) is 16.2. The summed E-state index contributed by atoms with van der Waals surface area (Å²) in [6, 6.07) is 18.9. The molecule has 1 heterocycles. The molecule has 1 aliphatic rings. The highest BCUT2D eigenvalue weighted by molar-refractivity contribution is 8.00. The van der Waals surface area contributed by atoms with Gasteiger partial charge in [0.15, 0.2) is 5.75 Å². The summed E-state index contributed by atoms with van der Waals surface area (Å²) in [6.07, 6.45) is 0.0773.